The molecule has 7 heteroatoms. The van der Waals surface area contributed by atoms with E-state index in [1.54, 1.807) is 41.3 Å². The number of ether oxygens (including phenoxy) is 1. The van der Waals surface area contributed by atoms with Crippen LogP contribution in [0.3, 0.4) is 0 Å². The molecule has 2 aromatic carbocycles. The smallest absolute Gasteiger partial charge is 0.261 e. The minimum atomic E-state index is -3.74. The van der Waals surface area contributed by atoms with Crippen LogP contribution in [0.1, 0.15) is 29.8 Å². The van der Waals surface area contributed by atoms with E-state index in [-0.39, 0.29) is 10.8 Å². The Bertz CT molecular complexity index is 921. The van der Waals surface area contributed by atoms with Gasteiger partial charge in [-0.3, -0.25) is 9.52 Å². The van der Waals surface area contributed by atoms with Crippen LogP contribution in [-0.4, -0.2) is 38.9 Å². The quantitative estimate of drug-likeness (QED) is 0.844. The monoisotopic (exact) mass is 374 g/mol. The Morgan fingerprint density at radius 1 is 1.15 bits per heavy atom. The summed E-state index contributed by atoms with van der Waals surface area (Å²) in [7, 11) is -3.74. The molecule has 0 fully saturated rings. The zero-order valence-electron chi connectivity index (χ0n) is 14.9. The van der Waals surface area contributed by atoms with Gasteiger partial charge in [0.1, 0.15) is 5.75 Å². The maximum Gasteiger partial charge on any atom is 0.261 e. The largest absolute Gasteiger partial charge is 0.493 e. The normalized spacial score (nSPS) is 13.0. The third-order valence-electron chi connectivity index (χ3n) is 4.38. The van der Waals surface area contributed by atoms with E-state index >= 15 is 0 Å². The second-order valence-electron chi connectivity index (χ2n) is 6.03. The number of carbonyl (C=O) groups excluding carboxylic acids is 1. The summed E-state index contributed by atoms with van der Waals surface area (Å²) in [4.78, 5) is 14.3. The number of hydrogen-bond donors (Lipinski definition) is 1. The lowest BCUT2D eigenvalue weighted by atomic mass is 10.2. The summed E-state index contributed by atoms with van der Waals surface area (Å²) >= 11 is 0. The number of nitrogens with one attached hydrogen (secondary N) is 1. The Morgan fingerprint density at radius 2 is 1.92 bits per heavy atom. The van der Waals surface area contributed by atoms with Gasteiger partial charge in [-0.15, -0.1) is 0 Å². The molecule has 0 saturated carbocycles. The van der Waals surface area contributed by atoms with Crippen molar-refractivity contribution in [1.29, 1.82) is 0 Å². The molecule has 0 radical (unpaired) electrons. The number of nitrogens with zero attached hydrogens (tertiary/aromatic N) is 1. The molecular formula is C19H22N2O4S. The Hall–Kier alpha value is -2.54. The molecule has 1 amide bonds. The number of carbonyl (C=O) groups is 1. The lowest BCUT2D eigenvalue weighted by molar-refractivity contribution is 0.0773. The number of rotatable bonds is 6. The number of amides is 1. The first kappa shape index (κ1) is 18.3. The first-order valence-electron chi connectivity index (χ1n) is 8.62. The topological polar surface area (TPSA) is 75.7 Å². The van der Waals surface area contributed by atoms with Crippen molar-refractivity contribution in [1.82, 2.24) is 4.90 Å². The third-order valence-corrected chi connectivity index (χ3v) is 5.76. The van der Waals surface area contributed by atoms with Gasteiger partial charge in [0, 0.05) is 30.8 Å². The molecule has 1 N–H and O–H groups in total. The Labute approximate surface area is 153 Å². The third kappa shape index (κ3) is 3.67. The molecule has 1 aliphatic rings. The van der Waals surface area contributed by atoms with Crippen LogP contribution in [0.2, 0.25) is 0 Å². The van der Waals surface area contributed by atoms with Crippen LogP contribution in [0.5, 0.6) is 5.75 Å². The minimum absolute atomic E-state index is 0.120. The van der Waals surface area contributed by atoms with E-state index in [1.165, 1.54) is 6.07 Å². The molecule has 0 aromatic heterocycles. The van der Waals surface area contributed by atoms with Crippen molar-refractivity contribution in [3.8, 4) is 5.75 Å². The van der Waals surface area contributed by atoms with Gasteiger partial charge in [-0.1, -0.05) is 6.07 Å². The highest BCUT2D eigenvalue weighted by molar-refractivity contribution is 7.92. The van der Waals surface area contributed by atoms with Crippen LogP contribution in [0.15, 0.2) is 47.4 Å². The molecule has 0 bridgehead atoms. The van der Waals surface area contributed by atoms with Gasteiger partial charge in [-0.25, -0.2) is 8.42 Å². The summed E-state index contributed by atoms with van der Waals surface area (Å²) in [6.45, 7) is 5.59. The number of benzene rings is 2. The summed E-state index contributed by atoms with van der Waals surface area (Å²) in [6.07, 6.45) is 0.701. The van der Waals surface area contributed by atoms with E-state index in [0.717, 1.165) is 11.3 Å². The fourth-order valence-corrected chi connectivity index (χ4v) is 4.05. The molecule has 1 aliphatic heterocycles. The van der Waals surface area contributed by atoms with Gasteiger partial charge in [-0.2, -0.15) is 0 Å². The summed E-state index contributed by atoms with van der Waals surface area (Å²) < 4.78 is 33.3. The molecule has 2 aromatic rings. The van der Waals surface area contributed by atoms with Gasteiger partial charge in [0.2, 0.25) is 0 Å². The fraction of sp³-hybridized carbons (Fsp3) is 0.316. The average Bonchev–Trinajstić information content (AvgIpc) is 3.10. The average molecular weight is 374 g/mol. The molecule has 1 heterocycles. The zero-order chi connectivity index (χ0) is 18.7. The number of hydrogen-bond acceptors (Lipinski definition) is 4. The predicted octanol–water partition coefficient (Wildman–Crippen LogP) is 2.90. The second-order valence-corrected chi connectivity index (χ2v) is 7.71. The Morgan fingerprint density at radius 3 is 2.65 bits per heavy atom. The van der Waals surface area contributed by atoms with Crippen LogP contribution in [0.25, 0.3) is 0 Å². The first-order valence-corrected chi connectivity index (χ1v) is 10.1. The van der Waals surface area contributed by atoms with Gasteiger partial charge < -0.3 is 9.64 Å². The van der Waals surface area contributed by atoms with E-state index < -0.39 is 10.0 Å². The van der Waals surface area contributed by atoms with E-state index in [2.05, 4.69) is 4.72 Å². The van der Waals surface area contributed by atoms with Crippen molar-refractivity contribution < 1.29 is 17.9 Å². The van der Waals surface area contributed by atoms with Crippen molar-refractivity contribution in [2.45, 2.75) is 25.2 Å². The summed E-state index contributed by atoms with van der Waals surface area (Å²) in [5.41, 5.74) is 1.70. The number of anilines is 1. The van der Waals surface area contributed by atoms with E-state index in [1.807, 2.05) is 13.8 Å². The Kier molecular flexibility index (Phi) is 5.18. The minimum Gasteiger partial charge on any atom is -0.493 e. The molecule has 0 unspecified atom stereocenters. The van der Waals surface area contributed by atoms with Crippen LogP contribution < -0.4 is 9.46 Å². The zero-order valence-corrected chi connectivity index (χ0v) is 15.7. The molecule has 26 heavy (non-hydrogen) atoms. The van der Waals surface area contributed by atoms with Gasteiger partial charge in [-0.05, 0) is 55.8 Å². The van der Waals surface area contributed by atoms with E-state index in [0.29, 0.717) is 37.4 Å². The molecule has 0 saturated heterocycles. The lowest BCUT2D eigenvalue weighted by Crippen LogP contribution is -2.30. The van der Waals surface area contributed by atoms with Crippen molar-refractivity contribution in [2.75, 3.05) is 24.4 Å². The molecule has 6 nitrogen and oxygen atoms in total. The molecular weight excluding hydrogens is 352 g/mol. The number of sulfonamides is 1. The predicted molar refractivity (Wildman–Crippen MR) is 100 cm³/mol. The first-order chi connectivity index (χ1) is 12.4. The highest BCUT2D eigenvalue weighted by Gasteiger charge is 2.20. The summed E-state index contributed by atoms with van der Waals surface area (Å²) in [5, 5.41) is 0. The second kappa shape index (κ2) is 7.37. The summed E-state index contributed by atoms with van der Waals surface area (Å²) in [6, 6.07) is 11.4. The number of fused-ring (bicyclic) bond motifs is 1. The van der Waals surface area contributed by atoms with Crippen LogP contribution in [0, 0.1) is 0 Å². The molecule has 0 aliphatic carbocycles. The van der Waals surface area contributed by atoms with E-state index in [4.69, 9.17) is 4.74 Å². The maximum absolute atomic E-state index is 12.7. The van der Waals surface area contributed by atoms with Gasteiger partial charge in [0.15, 0.2) is 0 Å². The van der Waals surface area contributed by atoms with Crippen molar-refractivity contribution >= 4 is 21.6 Å². The van der Waals surface area contributed by atoms with Crippen LogP contribution in [-0.2, 0) is 16.4 Å². The standard InChI is InChI=1S/C19H22N2O4S/c1-3-21(4-2)19(22)15-6-5-7-16(12-15)20-26(23,24)17-8-9-18-14(13-17)10-11-25-18/h5-9,12-13,20H,3-4,10-11H2,1-2H3. The van der Waals surface area contributed by atoms with Crippen LogP contribution in [0.4, 0.5) is 5.69 Å². The van der Waals surface area contributed by atoms with Gasteiger partial charge in [0.25, 0.3) is 15.9 Å². The van der Waals surface area contributed by atoms with E-state index in [9.17, 15) is 13.2 Å². The van der Waals surface area contributed by atoms with Crippen molar-refractivity contribution in [3.05, 3.63) is 53.6 Å². The van der Waals surface area contributed by atoms with Crippen molar-refractivity contribution in [3.63, 3.8) is 0 Å². The van der Waals surface area contributed by atoms with Gasteiger partial charge in [0.05, 0.1) is 11.5 Å². The van der Waals surface area contributed by atoms with Gasteiger partial charge >= 0.3 is 0 Å². The fourth-order valence-electron chi connectivity index (χ4n) is 2.95. The molecule has 138 valence electrons. The summed E-state index contributed by atoms with van der Waals surface area (Å²) in [5.74, 6) is 0.612. The molecule has 3 rings (SSSR count). The lowest BCUT2D eigenvalue weighted by Gasteiger charge is -2.19. The highest BCUT2D eigenvalue weighted by Crippen LogP contribution is 2.28. The van der Waals surface area contributed by atoms with Crippen LogP contribution >= 0.6 is 0 Å². The maximum atomic E-state index is 12.7. The Balaban J connectivity index is 1.84. The van der Waals surface area contributed by atoms with Crippen molar-refractivity contribution in [2.24, 2.45) is 0 Å². The molecule has 0 spiro atoms. The highest BCUT2D eigenvalue weighted by atomic mass is 32.2. The molecule has 0 atom stereocenters. The SMILES string of the molecule is CCN(CC)C(=O)c1cccc(NS(=O)(=O)c2ccc3c(c2)CCO3)c1.